The lowest BCUT2D eigenvalue weighted by Crippen LogP contribution is -2.20. The van der Waals surface area contributed by atoms with Crippen LogP contribution in [0.1, 0.15) is 5.56 Å². The van der Waals surface area contributed by atoms with Crippen LogP contribution in [-0.4, -0.2) is 24.7 Å². The van der Waals surface area contributed by atoms with Gasteiger partial charge in [-0.15, -0.1) is 0 Å². The van der Waals surface area contributed by atoms with Crippen molar-refractivity contribution in [3.63, 3.8) is 0 Å². The molecule has 0 fully saturated rings. The molecule has 0 atom stereocenters. The number of methoxy groups -OCH3 is 1. The van der Waals surface area contributed by atoms with Gasteiger partial charge in [-0.3, -0.25) is 4.79 Å². The Morgan fingerprint density at radius 3 is 2.57 bits per heavy atom. The van der Waals surface area contributed by atoms with Gasteiger partial charge >= 0.3 is 0 Å². The molecule has 0 unspecified atom stereocenters. The molecule has 2 aromatic rings. The summed E-state index contributed by atoms with van der Waals surface area (Å²) in [6.07, 6.45) is 0. The summed E-state index contributed by atoms with van der Waals surface area (Å²) < 4.78 is 10.6. The number of hydrogen-bond donors (Lipinski definition) is 2. The standard InChI is InChI=1S/C16H15Cl2NO4/c1-22-15-6-10(8-20)2-5-14(15)23-9-16(21)19-11-3-4-12(17)13(18)7-11/h2-7,20H,8-9H2,1H3,(H,19,21). The third-order valence-electron chi connectivity index (χ3n) is 2.97. The van der Waals surface area contributed by atoms with Crippen LogP contribution < -0.4 is 14.8 Å². The normalized spacial score (nSPS) is 10.3. The number of ether oxygens (including phenoxy) is 2. The highest BCUT2D eigenvalue weighted by molar-refractivity contribution is 6.42. The number of nitrogens with one attached hydrogen (secondary N) is 1. The van der Waals surface area contributed by atoms with Crippen molar-refractivity contribution in [2.45, 2.75) is 6.61 Å². The van der Waals surface area contributed by atoms with Crippen LogP contribution in [0.25, 0.3) is 0 Å². The SMILES string of the molecule is COc1cc(CO)ccc1OCC(=O)Nc1ccc(Cl)c(Cl)c1. The van der Waals surface area contributed by atoms with E-state index in [-0.39, 0.29) is 19.1 Å². The summed E-state index contributed by atoms with van der Waals surface area (Å²) in [7, 11) is 1.49. The molecule has 1 amide bonds. The van der Waals surface area contributed by atoms with E-state index < -0.39 is 0 Å². The molecule has 7 heteroatoms. The first-order valence-corrected chi connectivity index (χ1v) is 7.44. The van der Waals surface area contributed by atoms with E-state index in [2.05, 4.69) is 5.32 Å². The van der Waals surface area contributed by atoms with Gasteiger partial charge in [0.25, 0.3) is 5.91 Å². The first-order valence-electron chi connectivity index (χ1n) is 6.69. The molecule has 0 heterocycles. The zero-order valence-electron chi connectivity index (χ0n) is 12.3. The van der Waals surface area contributed by atoms with Gasteiger partial charge in [0.2, 0.25) is 0 Å². The number of benzene rings is 2. The van der Waals surface area contributed by atoms with Crippen molar-refractivity contribution < 1.29 is 19.4 Å². The molecule has 0 bridgehead atoms. The van der Waals surface area contributed by atoms with Crippen LogP contribution in [0.3, 0.4) is 0 Å². The molecule has 2 N–H and O–H groups in total. The second kappa shape index (κ2) is 8.06. The van der Waals surface area contributed by atoms with E-state index in [0.717, 1.165) is 0 Å². The number of rotatable bonds is 6. The molecule has 0 aliphatic rings. The molecule has 2 aromatic carbocycles. The summed E-state index contributed by atoms with van der Waals surface area (Å²) in [5.74, 6) is 0.504. The lowest BCUT2D eigenvalue weighted by Gasteiger charge is -2.12. The van der Waals surface area contributed by atoms with Crippen LogP contribution in [-0.2, 0) is 11.4 Å². The minimum atomic E-state index is -0.350. The first-order chi connectivity index (χ1) is 11.0. The topological polar surface area (TPSA) is 67.8 Å². The molecular weight excluding hydrogens is 341 g/mol. The zero-order valence-corrected chi connectivity index (χ0v) is 13.8. The maximum absolute atomic E-state index is 11.9. The van der Waals surface area contributed by atoms with E-state index >= 15 is 0 Å². The van der Waals surface area contributed by atoms with E-state index in [1.54, 1.807) is 36.4 Å². The molecule has 0 saturated heterocycles. The number of carbonyl (C=O) groups excluding carboxylic acids is 1. The molecular formula is C16H15Cl2NO4. The number of carbonyl (C=O) groups is 1. The summed E-state index contributed by atoms with van der Waals surface area (Å²) in [4.78, 5) is 11.9. The van der Waals surface area contributed by atoms with Gasteiger partial charge in [0.15, 0.2) is 18.1 Å². The van der Waals surface area contributed by atoms with Crippen molar-refractivity contribution in [1.29, 1.82) is 0 Å². The van der Waals surface area contributed by atoms with Gasteiger partial charge in [-0.05, 0) is 35.9 Å². The molecule has 5 nitrogen and oxygen atoms in total. The van der Waals surface area contributed by atoms with E-state index in [4.69, 9.17) is 37.8 Å². The van der Waals surface area contributed by atoms with Crippen LogP contribution in [0.5, 0.6) is 11.5 Å². The molecule has 23 heavy (non-hydrogen) atoms. The predicted molar refractivity (Wildman–Crippen MR) is 89.5 cm³/mol. The van der Waals surface area contributed by atoms with Crippen molar-refractivity contribution in [1.82, 2.24) is 0 Å². The Morgan fingerprint density at radius 1 is 1.13 bits per heavy atom. The zero-order chi connectivity index (χ0) is 16.8. The maximum Gasteiger partial charge on any atom is 0.262 e. The fourth-order valence-electron chi connectivity index (χ4n) is 1.84. The number of hydrogen-bond acceptors (Lipinski definition) is 4. The monoisotopic (exact) mass is 355 g/mol. The van der Waals surface area contributed by atoms with Crippen LogP contribution in [0.4, 0.5) is 5.69 Å². The fourth-order valence-corrected chi connectivity index (χ4v) is 2.14. The van der Waals surface area contributed by atoms with Crippen molar-refractivity contribution in [3.8, 4) is 11.5 Å². The number of aliphatic hydroxyl groups excluding tert-OH is 1. The number of halogens is 2. The minimum Gasteiger partial charge on any atom is -0.493 e. The Balaban J connectivity index is 1.97. The summed E-state index contributed by atoms with van der Waals surface area (Å²) in [6.45, 7) is -0.302. The molecule has 0 saturated carbocycles. The Labute approximate surface area is 143 Å². The van der Waals surface area contributed by atoms with Crippen LogP contribution in [0.2, 0.25) is 10.0 Å². The molecule has 0 aliphatic heterocycles. The highest BCUT2D eigenvalue weighted by Gasteiger charge is 2.09. The molecule has 0 spiro atoms. The molecule has 0 aromatic heterocycles. The predicted octanol–water partition coefficient (Wildman–Crippen LogP) is 3.51. The van der Waals surface area contributed by atoms with Crippen LogP contribution in [0.15, 0.2) is 36.4 Å². The second-order valence-corrected chi connectivity index (χ2v) is 5.42. The maximum atomic E-state index is 11.9. The van der Waals surface area contributed by atoms with Gasteiger partial charge in [0.1, 0.15) is 0 Å². The van der Waals surface area contributed by atoms with Gasteiger partial charge in [-0.25, -0.2) is 0 Å². The summed E-state index contributed by atoms with van der Waals surface area (Å²) >= 11 is 11.7. The van der Waals surface area contributed by atoms with Crippen molar-refractivity contribution >= 4 is 34.8 Å². The van der Waals surface area contributed by atoms with E-state index in [1.807, 2.05) is 0 Å². The third kappa shape index (κ3) is 4.76. The fraction of sp³-hybridized carbons (Fsp3) is 0.188. The third-order valence-corrected chi connectivity index (χ3v) is 3.71. The van der Waals surface area contributed by atoms with Crippen molar-refractivity contribution in [2.24, 2.45) is 0 Å². The number of anilines is 1. The highest BCUT2D eigenvalue weighted by atomic mass is 35.5. The molecule has 0 radical (unpaired) electrons. The van der Waals surface area contributed by atoms with E-state index in [0.29, 0.717) is 32.8 Å². The summed E-state index contributed by atoms with van der Waals surface area (Å²) in [5, 5.41) is 12.5. The van der Waals surface area contributed by atoms with E-state index in [1.165, 1.54) is 7.11 Å². The van der Waals surface area contributed by atoms with Crippen LogP contribution >= 0.6 is 23.2 Å². The Morgan fingerprint density at radius 2 is 1.91 bits per heavy atom. The van der Waals surface area contributed by atoms with Gasteiger partial charge in [-0.2, -0.15) is 0 Å². The second-order valence-electron chi connectivity index (χ2n) is 4.61. The average molecular weight is 356 g/mol. The first kappa shape index (κ1) is 17.4. The summed E-state index contributed by atoms with van der Waals surface area (Å²) in [5.41, 5.74) is 1.21. The Bertz CT molecular complexity index is 706. The smallest absolute Gasteiger partial charge is 0.262 e. The Kier molecular flexibility index (Phi) is 6.10. The van der Waals surface area contributed by atoms with Gasteiger partial charge in [0.05, 0.1) is 23.8 Å². The lowest BCUT2D eigenvalue weighted by atomic mass is 10.2. The molecule has 122 valence electrons. The lowest BCUT2D eigenvalue weighted by molar-refractivity contribution is -0.118. The largest absolute Gasteiger partial charge is 0.493 e. The van der Waals surface area contributed by atoms with Crippen LogP contribution in [0, 0.1) is 0 Å². The minimum absolute atomic E-state index is 0.103. The van der Waals surface area contributed by atoms with Gasteiger partial charge in [0, 0.05) is 5.69 Å². The van der Waals surface area contributed by atoms with Crippen molar-refractivity contribution in [3.05, 3.63) is 52.0 Å². The van der Waals surface area contributed by atoms with Gasteiger partial charge in [-0.1, -0.05) is 29.3 Å². The van der Waals surface area contributed by atoms with Gasteiger partial charge < -0.3 is 19.9 Å². The molecule has 2 rings (SSSR count). The van der Waals surface area contributed by atoms with Crippen molar-refractivity contribution in [2.75, 3.05) is 19.0 Å². The average Bonchev–Trinajstić information content (AvgIpc) is 2.56. The number of amides is 1. The number of aliphatic hydroxyl groups is 1. The Hall–Kier alpha value is -1.95. The molecule has 0 aliphatic carbocycles. The quantitative estimate of drug-likeness (QED) is 0.831. The highest BCUT2D eigenvalue weighted by Crippen LogP contribution is 2.28. The van der Waals surface area contributed by atoms with E-state index in [9.17, 15) is 4.79 Å². The summed E-state index contributed by atoms with van der Waals surface area (Å²) in [6, 6.07) is 9.76.